The third-order valence-corrected chi connectivity index (χ3v) is 5.58. The number of nitrogens with two attached hydrogens (primary N) is 1. The Hall–Kier alpha value is -3.54. The number of likely N-dealkylation sites (tertiary alicyclic amines) is 1. The van der Waals surface area contributed by atoms with Gasteiger partial charge >= 0.3 is 6.09 Å². The predicted octanol–water partition coefficient (Wildman–Crippen LogP) is 5.75. The van der Waals surface area contributed by atoms with Crippen LogP contribution in [-0.2, 0) is 4.74 Å². The van der Waals surface area contributed by atoms with Gasteiger partial charge in [0.1, 0.15) is 11.4 Å². The Labute approximate surface area is 189 Å². The van der Waals surface area contributed by atoms with E-state index in [-0.39, 0.29) is 12.1 Å². The Morgan fingerprint density at radius 2 is 1.69 bits per heavy atom. The number of nitrogens with zero attached hydrogens (tertiary/aromatic N) is 2. The van der Waals surface area contributed by atoms with Crippen LogP contribution < -0.4 is 5.73 Å². The SMILES string of the molecule is C=C(N)c1ccc(-c2ccc(-c3cnc(C4CCCN4C(=O)OC(C)(C)C)[nH]3)cc2)cc1. The summed E-state index contributed by atoms with van der Waals surface area (Å²) in [5.41, 5.74) is 10.9. The average molecular weight is 431 g/mol. The van der Waals surface area contributed by atoms with Crippen LogP contribution in [0.4, 0.5) is 4.79 Å². The molecule has 2 aromatic carbocycles. The zero-order chi connectivity index (χ0) is 22.9. The van der Waals surface area contributed by atoms with E-state index in [9.17, 15) is 4.79 Å². The number of benzene rings is 2. The van der Waals surface area contributed by atoms with Crippen LogP contribution in [0.5, 0.6) is 0 Å². The molecule has 6 heteroatoms. The summed E-state index contributed by atoms with van der Waals surface area (Å²) in [6, 6.07) is 16.3. The van der Waals surface area contributed by atoms with E-state index in [1.165, 1.54) is 0 Å². The van der Waals surface area contributed by atoms with E-state index in [1.807, 2.05) is 51.2 Å². The standard InChI is InChI=1S/C26H30N4O2/c1-17(27)18-7-9-19(10-8-18)20-11-13-21(14-12-20)22-16-28-24(29-22)23-6-5-15-30(23)25(31)32-26(2,3)4/h7-14,16,23H,1,5-6,15,27H2,2-4H3,(H,28,29). The summed E-state index contributed by atoms with van der Waals surface area (Å²) in [5.74, 6) is 0.796. The molecule has 3 aromatic rings. The maximum absolute atomic E-state index is 12.6. The number of carbonyl (C=O) groups excluding carboxylic acids is 1. The van der Waals surface area contributed by atoms with Gasteiger partial charge < -0.3 is 15.5 Å². The molecule has 1 saturated heterocycles. The molecule has 1 atom stereocenters. The largest absolute Gasteiger partial charge is 0.444 e. The number of H-pyrrole nitrogens is 1. The van der Waals surface area contributed by atoms with Crippen molar-refractivity contribution in [1.29, 1.82) is 0 Å². The van der Waals surface area contributed by atoms with Gasteiger partial charge in [-0.2, -0.15) is 0 Å². The number of aromatic amines is 1. The fourth-order valence-electron chi connectivity index (χ4n) is 3.96. The Bertz CT molecular complexity index is 1110. The van der Waals surface area contributed by atoms with Gasteiger partial charge in [0, 0.05) is 12.2 Å². The fourth-order valence-corrected chi connectivity index (χ4v) is 3.96. The van der Waals surface area contributed by atoms with Crippen molar-refractivity contribution in [1.82, 2.24) is 14.9 Å². The normalized spacial score (nSPS) is 16.2. The molecule has 0 saturated carbocycles. The lowest BCUT2D eigenvalue weighted by Gasteiger charge is -2.27. The molecule has 0 radical (unpaired) electrons. The summed E-state index contributed by atoms with van der Waals surface area (Å²) < 4.78 is 5.57. The van der Waals surface area contributed by atoms with Crippen molar-refractivity contribution < 1.29 is 9.53 Å². The van der Waals surface area contributed by atoms with E-state index in [0.717, 1.165) is 46.6 Å². The minimum Gasteiger partial charge on any atom is -0.444 e. The van der Waals surface area contributed by atoms with Crippen molar-refractivity contribution in [3.63, 3.8) is 0 Å². The molecule has 0 spiro atoms. The highest BCUT2D eigenvalue weighted by atomic mass is 16.6. The first-order valence-electron chi connectivity index (χ1n) is 10.9. The van der Waals surface area contributed by atoms with Gasteiger partial charge in [-0.1, -0.05) is 55.1 Å². The molecule has 2 heterocycles. The molecule has 1 aliphatic heterocycles. The molecular weight excluding hydrogens is 400 g/mol. The first-order chi connectivity index (χ1) is 15.2. The Morgan fingerprint density at radius 3 is 2.28 bits per heavy atom. The number of hydrogen-bond acceptors (Lipinski definition) is 4. The van der Waals surface area contributed by atoms with E-state index in [1.54, 1.807) is 4.90 Å². The van der Waals surface area contributed by atoms with Gasteiger partial charge in [0.2, 0.25) is 0 Å². The van der Waals surface area contributed by atoms with Gasteiger partial charge in [0.15, 0.2) is 0 Å². The molecule has 166 valence electrons. The van der Waals surface area contributed by atoms with Crippen molar-refractivity contribution in [3.05, 3.63) is 72.7 Å². The highest BCUT2D eigenvalue weighted by Crippen LogP contribution is 2.33. The topological polar surface area (TPSA) is 84.2 Å². The van der Waals surface area contributed by atoms with E-state index < -0.39 is 5.60 Å². The highest BCUT2D eigenvalue weighted by Gasteiger charge is 2.34. The van der Waals surface area contributed by atoms with Crippen LogP contribution in [0.2, 0.25) is 0 Å². The smallest absolute Gasteiger partial charge is 0.410 e. The second kappa shape index (κ2) is 8.54. The van der Waals surface area contributed by atoms with Crippen LogP contribution in [0.25, 0.3) is 28.1 Å². The Morgan fingerprint density at radius 1 is 1.09 bits per heavy atom. The third kappa shape index (κ3) is 4.69. The number of aromatic nitrogens is 2. The molecule has 1 unspecified atom stereocenters. The number of hydrogen-bond donors (Lipinski definition) is 2. The summed E-state index contributed by atoms with van der Waals surface area (Å²) in [6.07, 6.45) is 3.35. The minimum atomic E-state index is -0.515. The van der Waals surface area contributed by atoms with E-state index in [4.69, 9.17) is 10.5 Å². The van der Waals surface area contributed by atoms with Gasteiger partial charge in [-0.05, 0) is 55.9 Å². The zero-order valence-electron chi connectivity index (χ0n) is 18.9. The number of nitrogens with one attached hydrogen (secondary N) is 1. The van der Waals surface area contributed by atoms with Crippen LogP contribution in [-0.4, -0.2) is 33.1 Å². The first kappa shape index (κ1) is 21.7. The maximum Gasteiger partial charge on any atom is 0.410 e. The van der Waals surface area contributed by atoms with E-state index in [0.29, 0.717) is 12.2 Å². The van der Waals surface area contributed by atoms with E-state index in [2.05, 4.69) is 40.8 Å². The minimum absolute atomic E-state index is 0.0892. The Kier molecular flexibility index (Phi) is 5.78. The summed E-state index contributed by atoms with van der Waals surface area (Å²) >= 11 is 0. The molecular formula is C26H30N4O2. The summed E-state index contributed by atoms with van der Waals surface area (Å²) in [4.78, 5) is 22.4. The van der Waals surface area contributed by atoms with Crippen molar-refractivity contribution >= 4 is 11.8 Å². The van der Waals surface area contributed by atoms with Crippen molar-refractivity contribution in [2.75, 3.05) is 6.54 Å². The molecule has 0 bridgehead atoms. The molecule has 1 fully saturated rings. The lowest BCUT2D eigenvalue weighted by Crippen LogP contribution is -2.36. The van der Waals surface area contributed by atoms with Crippen LogP contribution in [0.15, 0.2) is 61.3 Å². The summed E-state index contributed by atoms with van der Waals surface area (Å²) in [6.45, 7) is 10.1. The quantitative estimate of drug-likeness (QED) is 0.552. The van der Waals surface area contributed by atoms with Crippen LogP contribution in [0.3, 0.4) is 0 Å². The lowest BCUT2D eigenvalue weighted by molar-refractivity contribution is 0.0218. The Balaban J connectivity index is 1.49. The lowest BCUT2D eigenvalue weighted by atomic mass is 10.0. The molecule has 1 aromatic heterocycles. The second-order valence-electron chi connectivity index (χ2n) is 9.19. The molecule has 3 N–H and O–H groups in total. The van der Waals surface area contributed by atoms with Crippen LogP contribution in [0, 0.1) is 0 Å². The second-order valence-corrected chi connectivity index (χ2v) is 9.19. The van der Waals surface area contributed by atoms with Gasteiger partial charge in [0.25, 0.3) is 0 Å². The van der Waals surface area contributed by atoms with E-state index >= 15 is 0 Å². The third-order valence-electron chi connectivity index (χ3n) is 5.58. The van der Waals surface area contributed by atoms with Gasteiger partial charge in [0.05, 0.1) is 17.9 Å². The number of amides is 1. The maximum atomic E-state index is 12.6. The van der Waals surface area contributed by atoms with Crippen LogP contribution in [0.1, 0.15) is 51.0 Å². The van der Waals surface area contributed by atoms with Crippen molar-refractivity contribution in [2.45, 2.75) is 45.3 Å². The molecule has 0 aliphatic carbocycles. The fraction of sp³-hybridized carbons (Fsp3) is 0.308. The number of ether oxygens (including phenoxy) is 1. The summed E-state index contributed by atoms with van der Waals surface area (Å²) in [5, 5.41) is 0. The van der Waals surface area contributed by atoms with Gasteiger partial charge in [-0.15, -0.1) is 0 Å². The average Bonchev–Trinajstić information content (AvgIpc) is 3.42. The number of carbonyl (C=O) groups is 1. The predicted molar refractivity (Wildman–Crippen MR) is 128 cm³/mol. The van der Waals surface area contributed by atoms with Crippen molar-refractivity contribution in [3.8, 4) is 22.4 Å². The monoisotopic (exact) mass is 430 g/mol. The van der Waals surface area contributed by atoms with Gasteiger partial charge in [-0.3, -0.25) is 4.90 Å². The molecule has 1 aliphatic rings. The number of imidazole rings is 1. The number of rotatable bonds is 4. The van der Waals surface area contributed by atoms with Crippen molar-refractivity contribution in [2.24, 2.45) is 5.73 Å². The molecule has 4 rings (SSSR count). The zero-order valence-corrected chi connectivity index (χ0v) is 18.9. The molecule has 32 heavy (non-hydrogen) atoms. The van der Waals surface area contributed by atoms with Crippen LogP contribution >= 0.6 is 0 Å². The molecule has 6 nitrogen and oxygen atoms in total. The first-order valence-corrected chi connectivity index (χ1v) is 10.9. The highest BCUT2D eigenvalue weighted by molar-refractivity contribution is 5.71. The van der Waals surface area contributed by atoms with Gasteiger partial charge in [-0.25, -0.2) is 9.78 Å². The summed E-state index contributed by atoms with van der Waals surface area (Å²) in [7, 11) is 0. The molecule has 1 amide bonds.